The molecule has 0 saturated heterocycles. The average Bonchev–Trinajstić information content (AvgIpc) is 3.12. The number of fused-ring (bicyclic) bond motifs is 5. The first-order chi connectivity index (χ1) is 15.1. The molecule has 0 amide bonds. The number of allylic oxidation sites excluding steroid dienone is 4. The maximum Gasteiger partial charge on any atom is 0.178 e. The fourth-order valence-corrected chi connectivity index (χ4v) is 10.0. The van der Waals surface area contributed by atoms with Crippen molar-refractivity contribution in [2.75, 3.05) is 5.75 Å². The molecule has 0 aromatic heterocycles. The normalized spacial score (nSPS) is 39.9. The van der Waals surface area contributed by atoms with Gasteiger partial charge < -0.3 is 0 Å². The Morgan fingerprint density at radius 3 is 2.47 bits per heavy atom. The van der Waals surface area contributed by atoms with E-state index in [1.165, 1.54) is 44.9 Å². The molecule has 3 fully saturated rings. The molecule has 1 aromatic rings. The van der Waals surface area contributed by atoms with Crippen LogP contribution in [0.1, 0.15) is 72.6 Å². The lowest BCUT2D eigenvalue weighted by atomic mass is 9.49. The molecule has 0 N–H and O–H groups in total. The van der Waals surface area contributed by atoms with E-state index in [1.54, 1.807) is 23.3 Å². The second-order valence-electron chi connectivity index (χ2n) is 12.0. The van der Waals surface area contributed by atoms with E-state index in [1.807, 2.05) is 18.2 Å². The third kappa shape index (κ3) is 3.45. The van der Waals surface area contributed by atoms with Crippen LogP contribution in [0, 0.1) is 40.4 Å². The van der Waals surface area contributed by atoms with Crippen LogP contribution in [0.3, 0.4) is 0 Å². The zero-order valence-electron chi connectivity index (χ0n) is 20.3. The van der Waals surface area contributed by atoms with Crippen LogP contribution in [0.25, 0.3) is 0 Å². The van der Waals surface area contributed by atoms with Gasteiger partial charge in [0.25, 0.3) is 0 Å². The summed E-state index contributed by atoms with van der Waals surface area (Å²) >= 11 is 0. The summed E-state index contributed by atoms with van der Waals surface area (Å²) in [6.07, 6.45) is 13.9. The molecule has 7 atom stereocenters. The standard InChI is InChI=1S/C29H40O2S/c1-20-14-16-28(3)22(18-20)10-11-24-26-13-12-25(29(26,4)17-15-27(24)28)21(2)19-32(30,31)23-8-6-5-7-9-23/h5-11,20-21,25-27H,12-19H2,1-4H3. The van der Waals surface area contributed by atoms with Crippen LogP contribution in [-0.2, 0) is 9.84 Å². The van der Waals surface area contributed by atoms with Crippen molar-refractivity contribution in [3.8, 4) is 0 Å². The fourth-order valence-electron chi connectivity index (χ4n) is 8.35. The van der Waals surface area contributed by atoms with E-state index in [2.05, 4.69) is 39.8 Å². The Kier molecular flexibility index (Phi) is 5.51. The third-order valence-corrected chi connectivity index (χ3v) is 12.1. The van der Waals surface area contributed by atoms with Gasteiger partial charge in [0.1, 0.15) is 0 Å². The Bertz CT molecular complexity index is 1040. The Morgan fingerprint density at radius 2 is 1.72 bits per heavy atom. The highest BCUT2D eigenvalue weighted by Gasteiger charge is 2.57. The molecule has 0 bridgehead atoms. The number of sulfone groups is 1. The summed E-state index contributed by atoms with van der Waals surface area (Å²) in [7, 11) is -3.24. The number of rotatable bonds is 4. The summed E-state index contributed by atoms with van der Waals surface area (Å²) < 4.78 is 26.2. The van der Waals surface area contributed by atoms with Crippen molar-refractivity contribution < 1.29 is 8.42 Å². The van der Waals surface area contributed by atoms with E-state index in [-0.39, 0.29) is 17.1 Å². The quantitative estimate of drug-likeness (QED) is 0.483. The molecule has 2 nitrogen and oxygen atoms in total. The fraction of sp³-hybridized carbons (Fsp3) is 0.655. The summed E-state index contributed by atoms with van der Waals surface area (Å²) in [4.78, 5) is 0.474. The van der Waals surface area contributed by atoms with Gasteiger partial charge in [0, 0.05) is 0 Å². The second-order valence-corrected chi connectivity index (χ2v) is 14.1. The van der Waals surface area contributed by atoms with Crippen LogP contribution in [0.2, 0.25) is 0 Å². The van der Waals surface area contributed by atoms with Gasteiger partial charge in [-0.05, 0) is 97.5 Å². The Balaban J connectivity index is 1.39. The van der Waals surface area contributed by atoms with Crippen molar-refractivity contribution in [3.63, 3.8) is 0 Å². The lowest BCUT2D eigenvalue weighted by Crippen LogP contribution is -2.46. The number of hydrogen-bond donors (Lipinski definition) is 0. The maximum atomic E-state index is 13.1. The summed E-state index contributed by atoms with van der Waals surface area (Å²) in [5.41, 5.74) is 4.00. The smallest absolute Gasteiger partial charge is 0.178 e. The molecule has 0 radical (unpaired) electrons. The monoisotopic (exact) mass is 452 g/mol. The highest BCUT2D eigenvalue weighted by molar-refractivity contribution is 7.91. The molecular formula is C29H40O2S. The molecule has 174 valence electrons. The molecule has 0 heterocycles. The first-order valence-electron chi connectivity index (χ1n) is 12.8. The Hall–Kier alpha value is -1.35. The maximum absolute atomic E-state index is 13.1. The van der Waals surface area contributed by atoms with Crippen molar-refractivity contribution >= 4 is 9.84 Å². The molecule has 1 aromatic carbocycles. The van der Waals surface area contributed by atoms with E-state index in [0.717, 1.165) is 5.92 Å². The van der Waals surface area contributed by atoms with Gasteiger partial charge in [-0.15, -0.1) is 0 Å². The van der Waals surface area contributed by atoms with Crippen molar-refractivity contribution in [3.05, 3.63) is 53.6 Å². The van der Waals surface area contributed by atoms with Gasteiger partial charge in [0.2, 0.25) is 0 Å². The summed E-state index contributed by atoms with van der Waals surface area (Å²) in [5, 5.41) is 0. The summed E-state index contributed by atoms with van der Waals surface area (Å²) in [6.45, 7) is 9.64. The van der Waals surface area contributed by atoms with Crippen LogP contribution >= 0.6 is 0 Å². The minimum Gasteiger partial charge on any atom is -0.224 e. The van der Waals surface area contributed by atoms with Gasteiger partial charge in [-0.25, -0.2) is 8.42 Å². The van der Waals surface area contributed by atoms with Crippen molar-refractivity contribution in [1.82, 2.24) is 0 Å². The van der Waals surface area contributed by atoms with Gasteiger partial charge in [-0.1, -0.05) is 69.2 Å². The van der Waals surface area contributed by atoms with Gasteiger partial charge in [-0.2, -0.15) is 0 Å². The molecular weight excluding hydrogens is 412 g/mol. The number of benzene rings is 1. The highest BCUT2D eigenvalue weighted by Crippen LogP contribution is 2.66. The van der Waals surface area contributed by atoms with Crippen LogP contribution in [0.5, 0.6) is 0 Å². The Labute approximate surface area is 195 Å². The van der Waals surface area contributed by atoms with E-state index in [0.29, 0.717) is 28.1 Å². The summed E-state index contributed by atoms with van der Waals surface area (Å²) in [6, 6.07) is 9.03. The predicted octanol–water partition coefficient (Wildman–Crippen LogP) is 7.23. The zero-order valence-corrected chi connectivity index (χ0v) is 21.1. The van der Waals surface area contributed by atoms with E-state index in [9.17, 15) is 8.42 Å². The molecule has 4 aliphatic rings. The highest BCUT2D eigenvalue weighted by atomic mass is 32.2. The second kappa shape index (κ2) is 7.86. The summed E-state index contributed by atoms with van der Waals surface area (Å²) in [5.74, 6) is 3.09. The minimum atomic E-state index is -3.24. The lowest BCUT2D eigenvalue weighted by Gasteiger charge is -2.55. The van der Waals surface area contributed by atoms with Crippen molar-refractivity contribution in [2.24, 2.45) is 40.4 Å². The molecule has 0 aliphatic heterocycles. The van der Waals surface area contributed by atoms with E-state index < -0.39 is 9.84 Å². The topological polar surface area (TPSA) is 34.1 Å². The molecule has 32 heavy (non-hydrogen) atoms. The van der Waals surface area contributed by atoms with Crippen molar-refractivity contribution in [2.45, 2.75) is 77.5 Å². The van der Waals surface area contributed by atoms with E-state index in [4.69, 9.17) is 0 Å². The largest absolute Gasteiger partial charge is 0.224 e. The van der Waals surface area contributed by atoms with Crippen LogP contribution < -0.4 is 0 Å². The first kappa shape index (κ1) is 22.4. The van der Waals surface area contributed by atoms with E-state index >= 15 is 0 Å². The van der Waals surface area contributed by atoms with Crippen LogP contribution in [0.4, 0.5) is 0 Å². The zero-order chi connectivity index (χ0) is 22.7. The molecule has 3 heteroatoms. The van der Waals surface area contributed by atoms with Crippen LogP contribution in [0.15, 0.2) is 58.5 Å². The minimum absolute atomic E-state index is 0.188. The molecule has 0 spiro atoms. The van der Waals surface area contributed by atoms with Gasteiger partial charge >= 0.3 is 0 Å². The lowest BCUT2D eigenvalue weighted by molar-refractivity contribution is 0.0504. The molecule has 4 aliphatic carbocycles. The Morgan fingerprint density at radius 1 is 0.969 bits per heavy atom. The van der Waals surface area contributed by atoms with Crippen LogP contribution in [-0.4, -0.2) is 14.2 Å². The van der Waals surface area contributed by atoms with Gasteiger partial charge in [-0.3, -0.25) is 0 Å². The average molecular weight is 453 g/mol. The molecule has 3 saturated carbocycles. The first-order valence-corrected chi connectivity index (χ1v) is 14.5. The molecule has 7 unspecified atom stereocenters. The predicted molar refractivity (Wildman–Crippen MR) is 132 cm³/mol. The third-order valence-electron chi connectivity index (χ3n) is 10.2. The van der Waals surface area contributed by atoms with Gasteiger partial charge in [0.05, 0.1) is 10.6 Å². The molecule has 5 rings (SSSR count). The number of hydrogen-bond acceptors (Lipinski definition) is 2. The van der Waals surface area contributed by atoms with Gasteiger partial charge in [0.15, 0.2) is 9.84 Å². The van der Waals surface area contributed by atoms with Crippen molar-refractivity contribution in [1.29, 1.82) is 0 Å². The SMILES string of the molecule is CC1CCC2(C)C(=CC=C3C2CCC2(C)C3CCC2C(C)CS(=O)(=O)c2ccccc2)C1.